The van der Waals surface area contributed by atoms with Gasteiger partial charge in [0.1, 0.15) is 10.8 Å². The molecular formula is C24H30FN3O6S. The van der Waals surface area contributed by atoms with Crippen molar-refractivity contribution in [1.29, 1.82) is 0 Å². The standard InChI is InChI=1S/C24H30FN3O6S/c1-24(2,3)35(33)27-19(15-7-5-13-4-6-14(13)12-15)18(25)20(29)17-21(30)26-23(32)28(22(17)31)16-8-10-34-11-9-16/h5,7,12,16-19,27H,4,6,8-11H2,1-3H3,(H,26,30,32)/t17?,18-,19+,35-/m1/s1. The lowest BCUT2D eigenvalue weighted by Crippen LogP contribution is -2.64. The molecule has 0 saturated carbocycles. The second kappa shape index (κ2) is 9.96. The molecule has 4 atom stereocenters. The summed E-state index contributed by atoms with van der Waals surface area (Å²) in [4.78, 5) is 52.3. The quantitative estimate of drug-likeness (QED) is 0.424. The third-order valence-corrected chi connectivity index (χ3v) is 8.22. The highest BCUT2D eigenvalue weighted by Gasteiger charge is 2.51. The van der Waals surface area contributed by atoms with Crippen molar-refractivity contribution in [2.75, 3.05) is 13.2 Å². The fourth-order valence-corrected chi connectivity index (χ4v) is 5.29. The number of ketones is 1. The number of halogens is 1. The van der Waals surface area contributed by atoms with Crippen LogP contribution in [0.4, 0.5) is 9.18 Å². The first kappa shape index (κ1) is 25.7. The minimum atomic E-state index is -2.36. The molecule has 190 valence electrons. The molecule has 1 aliphatic carbocycles. The lowest BCUT2D eigenvalue weighted by atomic mass is 9.84. The van der Waals surface area contributed by atoms with Crippen molar-refractivity contribution in [3.63, 3.8) is 0 Å². The number of rotatable bonds is 7. The monoisotopic (exact) mass is 507 g/mol. The van der Waals surface area contributed by atoms with Gasteiger partial charge in [0, 0.05) is 30.6 Å². The molecule has 4 rings (SSSR count). The van der Waals surface area contributed by atoms with Crippen LogP contribution in [-0.2, 0) is 43.3 Å². The summed E-state index contributed by atoms with van der Waals surface area (Å²) in [6.45, 7) is 5.76. The summed E-state index contributed by atoms with van der Waals surface area (Å²) in [5, 5.41) is 2.03. The van der Waals surface area contributed by atoms with Crippen LogP contribution < -0.4 is 10.0 Å². The fourth-order valence-electron chi connectivity index (χ4n) is 4.45. The number of fused-ring (bicyclic) bond motifs is 1. The van der Waals surface area contributed by atoms with Crippen molar-refractivity contribution in [2.45, 2.75) is 69.5 Å². The van der Waals surface area contributed by atoms with Crippen LogP contribution in [-0.4, -0.2) is 63.3 Å². The molecule has 11 heteroatoms. The number of hydrogen-bond donors (Lipinski definition) is 2. The average Bonchev–Trinajstić information content (AvgIpc) is 2.77. The number of barbiturate groups is 1. The molecule has 9 nitrogen and oxygen atoms in total. The topological polar surface area (TPSA) is 128 Å². The number of nitrogens with zero attached hydrogens (tertiary/aromatic N) is 1. The predicted molar refractivity (Wildman–Crippen MR) is 125 cm³/mol. The lowest BCUT2D eigenvalue weighted by Gasteiger charge is -2.37. The molecular weight excluding hydrogens is 477 g/mol. The van der Waals surface area contributed by atoms with Gasteiger partial charge in [0.25, 0.3) is 5.91 Å². The maximum Gasteiger partial charge on any atom is 0.331 e. The number of Topliss-reactive ketones (excluding diaryl/α,β-unsaturated/α-hetero) is 1. The van der Waals surface area contributed by atoms with E-state index in [4.69, 9.17) is 4.74 Å². The number of carbonyl (C=O) groups is 4. The number of nitrogens with one attached hydrogen (secondary N) is 2. The van der Waals surface area contributed by atoms with Crippen molar-refractivity contribution in [3.05, 3.63) is 34.9 Å². The summed E-state index contributed by atoms with van der Waals surface area (Å²) in [6.07, 6.45) is 0.0826. The Morgan fingerprint density at radius 2 is 1.86 bits per heavy atom. The van der Waals surface area contributed by atoms with E-state index in [0.29, 0.717) is 31.6 Å². The van der Waals surface area contributed by atoms with Gasteiger partial charge in [-0.25, -0.2) is 9.18 Å². The highest BCUT2D eigenvalue weighted by Crippen LogP contribution is 2.32. The molecule has 2 saturated heterocycles. The number of carbonyl (C=O) groups excluding carboxylic acids is 4. The molecule has 35 heavy (non-hydrogen) atoms. The summed E-state index contributed by atoms with van der Waals surface area (Å²) in [6, 6.07) is 2.45. The highest BCUT2D eigenvalue weighted by molar-refractivity contribution is 7.90. The largest absolute Gasteiger partial charge is 0.598 e. The van der Waals surface area contributed by atoms with E-state index in [1.807, 2.05) is 11.4 Å². The first-order chi connectivity index (χ1) is 16.5. The molecule has 0 spiro atoms. The Balaban J connectivity index is 1.62. The number of urea groups is 1. The third-order valence-electron chi connectivity index (χ3n) is 6.64. The van der Waals surface area contributed by atoms with Gasteiger partial charge in [-0.3, -0.25) is 24.6 Å². The van der Waals surface area contributed by atoms with Crippen LogP contribution in [0.3, 0.4) is 0 Å². The van der Waals surface area contributed by atoms with Gasteiger partial charge < -0.3 is 9.29 Å². The van der Waals surface area contributed by atoms with Crippen LogP contribution in [0.15, 0.2) is 18.2 Å². The van der Waals surface area contributed by atoms with Crippen molar-refractivity contribution >= 4 is 35.0 Å². The molecule has 1 aromatic carbocycles. The number of ether oxygens (including phenoxy) is 1. The molecule has 3 aliphatic rings. The molecule has 4 amide bonds. The van der Waals surface area contributed by atoms with Gasteiger partial charge in [0.2, 0.25) is 5.91 Å². The molecule has 2 aliphatic heterocycles. The van der Waals surface area contributed by atoms with E-state index < -0.39 is 63.9 Å². The van der Waals surface area contributed by atoms with Gasteiger partial charge in [-0.15, -0.1) is 4.72 Å². The van der Waals surface area contributed by atoms with E-state index in [-0.39, 0.29) is 0 Å². The second-order valence-corrected chi connectivity index (χ2v) is 12.1. The van der Waals surface area contributed by atoms with Crippen LogP contribution in [0.25, 0.3) is 0 Å². The molecule has 2 heterocycles. The van der Waals surface area contributed by atoms with Gasteiger partial charge in [-0.05, 0) is 63.1 Å². The molecule has 0 aromatic heterocycles. The molecule has 2 fully saturated rings. The lowest BCUT2D eigenvalue weighted by molar-refractivity contribution is -0.151. The molecule has 0 radical (unpaired) electrons. The van der Waals surface area contributed by atoms with Crippen molar-refractivity contribution in [2.24, 2.45) is 5.92 Å². The summed E-state index contributed by atoms with van der Waals surface area (Å²) < 4.78 is 36.0. The zero-order valence-electron chi connectivity index (χ0n) is 20.0. The average molecular weight is 508 g/mol. The van der Waals surface area contributed by atoms with Crippen molar-refractivity contribution in [1.82, 2.24) is 14.9 Å². The van der Waals surface area contributed by atoms with Crippen LogP contribution in [0.1, 0.15) is 56.3 Å². The summed E-state index contributed by atoms with van der Waals surface area (Å²) in [5.74, 6) is -5.47. The second-order valence-electron chi connectivity index (χ2n) is 10.1. The van der Waals surface area contributed by atoms with Crippen molar-refractivity contribution < 1.29 is 32.9 Å². The third kappa shape index (κ3) is 5.13. The number of imide groups is 2. The van der Waals surface area contributed by atoms with Gasteiger partial charge in [-0.1, -0.05) is 18.2 Å². The number of hydrogen-bond acceptors (Lipinski definition) is 7. The van der Waals surface area contributed by atoms with Crippen molar-refractivity contribution in [3.8, 4) is 0 Å². The number of amides is 4. The number of benzene rings is 1. The SMILES string of the molecule is CC(C)(C)[S@@+]([O-])N[C@@H](c1ccc2c(c1)CC2)[C@@H](F)C(=O)C1C(=O)NC(=O)N(C2CCOCC2)C1=O. The molecule has 2 N–H and O–H groups in total. The highest BCUT2D eigenvalue weighted by atomic mass is 32.2. The minimum Gasteiger partial charge on any atom is -0.598 e. The van der Waals surface area contributed by atoms with E-state index in [1.54, 1.807) is 32.9 Å². The molecule has 1 aromatic rings. The molecule has 0 bridgehead atoms. The zero-order chi connectivity index (χ0) is 25.5. The first-order valence-electron chi connectivity index (χ1n) is 11.7. The molecule has 1 unspecified atom stereocenters. The van der Waals surface area contributed by atoms with E-state index in [2.05, 4.69) is 4.72 Å². The summed E-state index contributed by atoms with van der Waals surface area (Å²) in [7, 11) is 0. The minimum absolute atomic E-state index is 0.322. The number of aryl methyl sites for hydroxylation is 2. The maximum atomic E-state index is 15.9. The Morgan fingerprint density at radius 3 is 2.43 bits per heavy atom. The Hall–Kier alpha value is -2.34. The van der Waals surface area contributed by atoms with Crippen LogP contribution in [0.2, 0.25) is 0 Å². The van der Waals surface area contributed by atoms with E-state index in [9.17, 15) is 23.7 Å². The van der Waals surface area contributed by atoms with E-state index >= 15 is 4.39 Å². The summed E-state index contributed by atoms with van der Waals surface area (Å²) in [5.41, 5.74) is 2.54. The smallest absolute Gasteiger partial charge is 0.331 e. The maximum absolute atomic E-state index is 15.9. The Labute approximate surface area is 206 Å². The van der Waals surface area contributed by atoms with E-state index in [0.717, 1.165) is 28.9 Å². The van der Waals surface area contributed by atoms with Gasteiger partial charge in [0.15, 0.2) is 17.9 Å². The normalized spacial score (nSPS) is 23.7. The fraction of sp³-hybridized carbons (Fsp3) is 0.583. The summed E-state index contributed by atoms with van der Waals surface area (Å²) >= 11 is -1.74. The van der Waals surface area contributed by atoms with Gasteiger partial charge in [0.05, 0.1) is 0 Å². The Kier molecular flexibility index (Phi) is 7.33. The van der Waals surface area contributed by atoms with Gasteiger partial charge in [-0.2, -0.15) is 0 Å². The van der Waals surface area contributed by atoms with E-state index in [1.165, 1.54) is 0 Å². The first-order valence-corrected chi connectivity index (χ1v) is 12.9. The van der Waals surface area contributed by atoms with Crippen LogP contribution >= 0.6 is 0 Å². The predicted octanol–water partition coefficient (Wildman–Crippen LogP) is 1.66. The van der Waals surface area contributed by atoms with Gasteiger partial charge >= 0.3 is 6.03 Å². The Morgan fingerprint density at radius 1 is 1.20 bits per heavy atom. The number of alkyl halides is 1. The van der Waals surface area contributed by atoms with Crippen LogP contribution in [0.5, 0.6) is 0 Å². The van der Waals surface area contributed by atoms with Crippen LogP contribution in [0, 0.1) is 5.92 Å². The zero-order valence-corrected chi connectivity index (χ0v) is 20.8. The Bertz CT molecular complexity index is 1040.